The van der Waals surface area contributed by atoms with Crippen LogP contribution in [0.2, 0.25) is 0 Å². The van der Waals surface area contributed by atoms with Gasteiger partial charge in [0.1, 0.15) is 0 Å². The molecule has 0 saturated carbocycles. The van der Waals surface area contributed by atoms with Crippen LogP contribution in [-0.4, -0.2) is 62.9 Å². The van der Waals surface area contributed by atoms with Gasteiger partial charge in [-0.1, -0.05) is 43.2 Å². The van der Waals surface area contributed by atoms with Crippen LogP contribution in [0.25, 0.3) is 0 Å². The molecule has 2 aliphatic rings. The normalized spacial score (nSPS) is 20.7. The monoisotopic (exact) mass is 424 g/mol. The van der Waals surface area contributed by atoms with Gasteiger partial charge in [-0.05, 0) is 38.2 Å². The van der Waals surface area contributed by atoms with E-state index in [-0.39, 0.29) is 18.3 Å². The maximum absolute atomic E-state index is 13.5. The SMILES string of the molecule is Cc1cc(C)cc(C2(C(=O)NCC(C(C)C)N3CCOCC3)CCOCC2)c1.Cl. The summed E-state index contributed by atoms with van der Waals surface area (Å²) in [7, 11) is 0. The molecule has 1 amide bonds. The number of aryl methyl sites for hydroxylation is 2. The molecule has 1 aromatic carbocycles. The summed E-state index contributed by atoms with van der Waals surface area (Å²) in [4.78, 5) is 16.0. The maximum Gasteiger partial charge on any atom is 0.230 e. The van der Waals surface area contributed by atoms with E-state index in [1.807, 2.05) is 0 Å². The van der Waals surface area contributed by atoms with E-state index in [0.29, 0.717) is 31.7 Å². The number of ether oxygens (including phenoxy) is 2. The van der Waals surface area contributed by atoms with Crippen LogP contribution < -0.4 is 5.32 Å². The zero-order chi connectivity index (χ0) is 20.1. The lowest BCUT2D eigenvalue weighted by Crippen LogP contribution is -2.54. The fraction of sp³-hybridized carbons (Fsp3) is 0.696. The smallest absolute Gasteiger partial charge is 0.230 e. The highest BCUT2D eigenvalue weighted by atomic mass is 35.5. The summed E-state index contributed by atoms with van der Waals surface area (Å²) in [5.41, 5.74) is 3.07. The summed E-state index contributed by atoms with van der Waals surface area (Å²) in [6.45, 7) is 14.1. The second kappa shape index (κ2) is 10.8. The van der Waals surface area contributed by atoms with Crippen molar-refractivity contribution < 1.29 is 14.3 Å². The van der Waals surface area contributed by atoms with Gasteiger partial charge in [0.05, 0.1) is 18.6 Å². The third-order valence-corrected chi connectivity index (χ3v) is 6.31. The number of halogens is 1. The lowest BCUT2D eigenvalue weighted by Gasteiger charge is -2.40. The Hall–Kier alpha value is -1.14. The molecule has 1 aromatic rings. The number of nitrogens with one attached hydrogen (secondary N) is 1. The Morgan fingerprint density at radius 2 is 1.59 bits per heavy atom. The molecule has 0 spiro atoms. The molecule has 3 rings (SSSR count). The van der Waals surface area contributed by atoms with Crippen molar-refractivity contribution in [2.24, 2.45) is 5.92 Å². The molecule has 0 bridgehead atoms. The van der Waals surface area contributed by atoms with Crippen LogP contribution in [0.4, 0.5) is 0 Å². The van der Waals surface area contributed by atoms with Crippen molar-refractivity contribution in [2.75, 3.05) is 46.1 Å². The fourth-order valence-electron chi connectivity index (χ4n) is 4.68. The molecule has 0 aliphatic carbocycles. The van der Waals surface area contributed by atoms with Crippen LogP contribution in [0, 0.1) is 19.8 Å². The van der Waals surface area contributed by atoms with Gasteiger partial charge in [-0.25, -0.2) is 0 Å². The highest BCUT2D eigenvalue weighted by molar-refractivity contribution is 5.88. The first kappa shape index (κ1) is 24.1. The van der Waals surface area contributed by atoms with Crippen LogP contribution in [0.5, 0.6) is 0 Å². The second-order valence-corrected chi connectivity index (χ2v) is 8.74. The number of benzene rings is 1. The number of rotatable bonds is 6. The molecule has 2 aliphatic heterocycles. The van der Waals surface area contributed by atoms with Crippen LogP contribution in [0.3, 0.4) is 0 Å². The predicted molar refractivity (Wildman–Crippen MR) is 119 cm³/mol. The van der Waals surface area contributed by atoms with Gasteiger partial charge in [0.25, 0.3) is 0 Å². The third kappa shape index (κ3) is 5.72. The second-order valence-electron chi connectivity index (χ2n) is 8.74. The molecule has 164 valence electrons. The lowest BCUT2D eigenvalue weighted by molar-refractivity contribution is -0.131. The molecule has 2 heterocycles. The predicted octanol–water partition coefficient (Wildman–Crippen LogP) is 3.25. The van der Waals surface area contributed by atoms with Gasteiger partial charge in [-0.2, -0.15) is 0 Å². The quantitative estimate of drug-likeness (QED) is 0.761. The third-order valence-electron chi connectivity index (χ3n) is 6.31. The molecule has 5 nitrogen and oxygen atoms in total. The largest absolute Gasteiger partial charge is 0.381 e. The minimum absolute atomic E-state index is 0. The van der Waals surface area contributed by atoms with Crippen LogP contribution in [0.1, 0.15) is 43.4 Å². The maximum atomic E-state index is 13.5. The van der Waals surface area contributed by atoms with Crippen LogP contribution in [-0.2, 0) is 19.7 Å². The molecule has 2 fully saturated rings. The molecule has 0 radical (unpaired) electrons. The van der Waals surface area contributed by atoms with Gasteiger partial charge in [-0.15, -0.1) is 12.4 Å². The van der Waals surface area contributed by atoms with Crippen LogP contribution >= 0.6 is 12.4 Å². The Balaban J connectivity index is 0.00000300. The topological polar surface area (TPSA) is 50.8 Å². The first-order chi connectivity index (χ1) is 13.4. The number of amides is 1. The lowest BCUT2D eigenvalue weighted by atomic mass is 9.72. The Bertz CT molecular complexity index is 648. The van der Waals surface area contributed by atoms with Crippen molar-refractivity contribution in [3.05, 3.63) is 34.9 Å². The van der Waals surface area contributed by atoms with Crippen LogP contribution in [0.15, 0.2) is 18.2 Å². The Morgan fingerprint density at radius 3 is 2.14 bits per heavy atom. The van der Waals surface area contributed by atoms with E-state index >= 15 is 0 Å². The number of hydrogen-bond acceptors (Lipinski definition) is 4. The van der Waals surface area contributed by atoms with Gasteiger partial charge in [0.15, 0.2) is 0 Å². The molecular weight excluding hydrogens is 388 g/mol. The molecule has 1 N–H and O–H groups in total. The van der Waals surface area contributed by atoms with E-state index in [9.17, 15) is 4.79 Å². The van der Waals surface area contributed by atoms with Gasteiger partial charge < -0.3 is 14.8 Å². The van der Waals surface area contributed by atoms with Gasteiger partial charge in [0.2, 0.25) is 5.91 Å². The molecule has 0 aromatic heterocycles. The van der Waals surface area contributed by atoms with Crippen molar-refractivity contribution in [3.63, 3.8) is 0 Å². The summed E-state index contributed by atoms with van der Waals surface area (Å²) in [5, 5.41) is 3.33. The molecule has 1 atom stereocenters. The number of morpholine rings is 1. The summed E-state index contributed by atoms with van der Waals surface area (Å²) >= 11 is 0. The van der Waals surface area contributed by atoms with E-state index in [0.717, 1.165) is 44.7 Å². The fourth-order valence-corrected chi connectivity index (χ4v) is 4.68. The minimum atomic E-state index is -0.485. The summed E-state index contributed by atoms with van der Waals surface area (Å²) in [6.07, 6.45) is 1.48. The van der Waals surface area contributed by atoms with Gasteiger partial charge in [-0.3, -0.25) is 9.69 Å². The van der Waals surface area contributed by atoms with Gasteiger partial charge in [0, 0.05) is 38.9 Å². The standard InChI is InChI=1S/C23H36N2O3.ClH/c1-17(2)21(25-7-11-28-12-8-25)16-24-22(26)23(5-9-27-10-6-23)20-14-18(3)13-19(4)15-20;/h13-15,17,21H,5-12,16H2,1-4H3,(H,24,26);1H. The van der Waals surface area contributed by atoms with E-state index in [1.165, 1.54) is 11.1 Å². The van der Waals surface area contributed by atoms with Gasteiger partial charge >= 0.3 is 0 Å². The molecule has 6 heteroatoms. The first-order valence-corrected chi connectivity index (χ1v) is 10.7. The molecular formula is C23H37ClN2O3. The van der Waals surface area contributed by atoms with E-state index in [4.69, 9.17) is 9.47 Å². The van der Waals surface area contributed by atoms with Crippen molar-refractivity contribution >= 4 is 18.3 Å². The van der Waals surface area contributed by atoms with E-state index < -0.39 is 5.41 Å². The number of carbonyl (C=O) groups excluding carboxylic acids is 1. The molecule has 29 heavy (non-hydrogen) atoms. The minimum Gasteiger partial charge on any atom is -0.381 e. The van der Waals surface area contributed by atoms with Crippen molar-refractivity contribution in [2.45, 2.75) is 52.0 Å². The zero-order valence-corrected chi connectivity index (χ0v) is 19.1. The molecule has 2 saturated heterocycles. The number of hydrogen-bond donors (Lipinski definition) is 1. The van der Waals surface area contributed by atoms with Crippen molar-refractivity contribution in [1.29, 1.82) is 0 Å². The highest BCUT2D eigenvalue weighted by Crippen LogP contribution is 2.36. The number of carbonyl (C=O) groups is 1. The zero-order valence-electron chi connectivity index (χ0n) is 18.3. The molecule has 1 unspecified atom stereocenters. The average Bonchev–Trinajstić information content (AvgIpc) is 2.68. The van der Waals surface area contributed by atoms with Crippen molar-refractivity contribution in [3.8, 4) is 0 Å². The van der Waals surface area contributed by atoms with Crippen molar-refractivity contribution in [1.82, 2.24) is 10.2 Å². The Morgan fingerprint density at radius 1 is 1.03 bits per heavy atom. The summed E-state index contributed by atoms with van der Waals surface area (Å²) in [6, 6.07) is 6.87. The summed E-state index contributed by atoms with van der Waals surface area (Å²) in [5.74, 6) is 0.630. The first-order valence-electron chi connectivity index (χ1n) is 10.7. The Labute approximate surface area is 181 Å². The number of nitrogens with zero attached hydrogens (tertiary/aromatic N) is 1. The average molecular weight is 425 g/mol. The Kier molecular flexibility index (Phi) is 8.95. The highest BCUT2D eigenvalue weighted by Gasteiger charge is 2.42. The van der Waals surface area contributed by atoms with E-state index in [1.54, 1.807) is 0 Å². The summed E-state index contributed by atoms with van der Waals surface area (Å²) < 4.78 is 11.1. The van der Waals surface area contributed by atoms with E-state index in [2.05, 4.69) is 56.1 Å².